The van der Waals surface area contributed by atoms with Gasteiger partial charge in [0.25, 0.3) is 0 Å². The van der Waals surface area contributed by atoms with Crippen LogP contribution in [0.15, 0.2) is 58.3 Å². The monoisotopic (exact) mass is 793 g/mol. The van der Waals surface area contributed by atoms with Crippen molar-refractivity contribution in [3.8, 4) is 0 Å². The molecule has 8 nitrogen and oxygen atoms in total. The molecule has 0 fully saturated rings. The Balaban J connectivity index is 1.74. The van der Waals surface area contributed by atoms with Gasteiger partial charge in [-0.1, -0.05) is 151 Å². The van der Waals surface area contributed by atoms with E-state index in [1.165, 1.54) is 12.8 Å². The van der Waals surface area contributed by atoms with Crippen molar-refractivity contribution in [2.45, 2.75) is 178 Å². The van der Waals surface area contributed by atoms with Crippen LogP contribution < -0.4 is 0 Å². The molecule has 0 bridgehead atoms. The van der Waals surface area contributed by atoms with Crippen LogP contribution in [-0.2, 0) is 20.0 Å². The number of rotatable bonds is 35. The van der Waals surface area contributed by atoms with Gasteiger partial charge >= 0.3 is 0 Å². The van der Waals surface area contributed by atoms with Gasteiger partial charge in [0.15, 0.2) is 0 Å². The minimum absolute atomic E-state index is 0.270. The van der Waals surface area contributed by atoms with Gasteiger partial charge in [-0.2, -0.15) is 8.61 Å². The molecule has 2 N–H and O–H groups in total. The second-order valence-electron chi connectivity index (χ2n) is 15.4. The van der Waals surface area contributed by atoms with Gasteiger partial charge in [0, 0.05) is 39.4 Å². The Hall–Kier alpha value is -1.82. The molecule has 0 spiro atoms. The molecule has 0 saturated heterocycles. The number of aryl methyl sites for hydroxylation is 2. The molecule has 0 amide bonds. The molecule has 2 aromatic rings. The van der Waals surface area contributed by atoms with Gasteiger partial charge in [0.2, 0.25) is 20.0 Å². The van der Waals surface area contributed by atoms with Crippen LogP contribution in [0.2, 0.25) is 0 Å². The van der Waals surface area contributed by atoms with E-state index in [0.29, 0.717) is 36.0 Å². The number of aliphatic hydroxyl groups is 2. The van der Waals surface area contributed by atoms with E-state index in [-0.39, 0.29) is 13.2 Å². The van der Waals surface area contributed by atoms with Crippen molar-refractivity contribution in [2.75, 3.05) is 39.4 Å². The zero-order chi connectivity index (χ0) is 39.3. The summed E-state index contributed by atoms with van der Waals surface area (Å²) in [5, 5.41) is 17.9. The van der Waals surface area contributed by atoms with Crippen LogP contribution in [0.1, 0.15) is 165 Å². The van der Waals surface area contributed by atoms with Crippen LogP contribution >= 0.6 is 0 Å². The number of hydrogen-bond donors (Lipinski definition) is 2. The third kappa shape index (κ3) is 20.4. The predicted octanol–water partition coefficient (Wildman–Crippen LogP) is 10.3. The fraction of sp³-hybridized carbons (Fsp3) is 0.727. The van der Waals surface area contributed by atoms with Gasteiger partial charge in [-0.3, -0.25) is 0 Å². The zero-order valence-electron chi connectivity index (χ0n) is 34.1. The minimum atomic E-state index is -3.53. The molecular formula is C44H76N2O6S2. The Labute approximate surface area is 331 Å². The maximum absolute atomic E-state index is 13.6. The highest BCUT2D eigenvalue weighted by atomic mass is 32.2. The van der Waals surface area contributed by atoms with Gasteiger partial charge in [0.1, 0.15) is 0 Å². The van der Waals surface area contributed by atoms with Crippen molar-refractivity contribution in [1.82, 2.24) is 8.61 Å². The van der Waals surface area contributed by atoms with Gasteiger partial charge in [-0.05, 0) is 76.6 Å². The summed E-state index contributed by atoms with van der Waals surface area (Å²) in [5.74, 6) is 0. The number of hydrogen-bond acceptors (Lipinski definition) is 6. The maximum Gasteiger partial charge on any atom is 0.243 e. The first kappa shape index (κ1) is 48.3. The SMILES string of the molecule is Cc1ccc(S(=O)(=O)N(CCCCCCCCCCO)CCCCCCCCCCN(CCCCCCCCCCO)S(=O)(=O)c2ccc(C)cc2)cc1. The molecule has 54 heavy (non-hydrogen) atoms. The standard InChI is InChI=1S/C44H76N2O6S2/c1-41-27-31-43(32-28-41)53(49,50)45(37-23-17-11-5-7-13-19-25-39-47)35-21-15-9-3-4-10-16-22-36-46(38-24-18-12-6-8-14-20-26-40-48)54(51,52)44-33-29-42(2)30-34-44/h27-34,47-48H,3-26,35-40H2,1-2H3. The Morgan fingerprint density at radius 3 is 0.778 bits per heavy atom. The fourth-order valence-electron chi connectivity index (χ4n) is 6.98. The Morgan fingerprint density at radius 1 is 0.352 bits per heavy atom. The second kappa shape index (κ2) is 29.4. The highest BCUT2D eigenvalue weighted by molar-refractivity contribution is 7.89. The molecule has 0 aliphatic carbocycles. The van der Waals surface area contributed by atoms with Gasteiger partial charge in [-0.15, -0.1) is 0 Å². The van der Waals surface area contributed by atoms with Crippen LogP contribution in [-0.4, -0.2) is 75.1 Å². The maximum atomic E-state index is 13.6. The zero-order valence-corrected chi connectivity index (χ0v) is 35.7. The van der Waals surface area contributed by atoms with Crippen molar-refractivity contribution in [3.05, 3.63) is 59.7 Å². The largest absolute Gasteiger partial charge is 0.396 e. The predicted molar refractivity (Wildman–Crippen MR) is 225 cm³/mol. The molecule has 0 unspecified atom stereocenters. The third-order valence-corrected chi connectivity index (χ3v) is 14.3. The van der Waals surface area contributed by atoms with Crippen LogP contribution in [0.4, 0.5) is 0 Å². The van der Waals surface area contributed by atoms with Crippen molar-refractivity contribution < 1.29 is 27.0 Å². The lowest BCUT2D eigenvalue weighted by atomic mass is 10.1. The van der Waals surface area contributed by atoms with E-state index in [4.69, 9.17) is 10.2 Å². The van der Waals surface area contributed by atoms with E-state index < -0.39 is 20.0 Å². The molecule has 2 rings (SSSR count). The molecular weight excluding hydrogens is 717 g/mol. The van der Waals surface area contributed by atoms with Crippen LogP contribution in [0.3, 0.4) is 0 Å². The van der Waals surface area contributed by atoms with E-state index in [0.717, 1.165) is 152 Å². The van der Waals surface area contributed by atoms with E-state index in [1.54, 1.807) is 32.9 Å². The van der Waals surface area contributed by atoms with Gasteiger partial charge in [0.05, 0.1) is 9.79 Å². The average molecular weight is 793 g/mol. The smallest absolute Gasteiger partial charge is 0.243 e. The Kier molecular flexibility index (Phi) is 26.3. The number of aliphatic hydroxyl groups excluding tert-OH is 2. The lowest BCUT2D eigenvalue weighted by Gasteiger charge is -2.22. The summed E-state index contributed by atoms with van der Waals surface area (Å²) in [5.41, 5.74) is 2.10. The summed E-state index contributed by atoms with van der Waals surface area (Å²) in [7, 11) is -7.06. The lowest BCUT2D eigenvalue weighted by Crippen LogP contribution is -2.33. The third-order valence-electron chi connectivity index (χ3n) is 10.5. The normalized spacial score (nSPS) is 12.3. The van der Waals surface area contributed by atoms with Crippen LogP contribution in [0.5, 0.6) is 0 Å². The Bertz CT molecular complexity index is 1310. The van der Waals surface area contributed by atoms with Gasteiger partial charge in [-0.25, -0.2) is 16.8 Å². The first-order valence-corrected chi connectivity index (χ1v) is 24.4. The summed E-state index contributed by atoms with van der Waals surface area (Å²) in [6.45, 7) is 6.70. The molecule has 310 valence electrons. The topological polar surface area (TPSA) is 115 Å². The van der Waals surface area contributed by atoms with Crippen LogP contribution in [0.25, 0.3) is 0 Å². The van der Waals surface area contributed by atoms with Crippen LogP contribution in [0, 0.1) is 13.8 Å². The average Bonchev–Trinajstić information content (AvgIpc) is 3.15. The quantitative estimate of drug-likeness (QED) is 0.0672. The summed E-state index contributed by atoms with van der Waals surface area (Å²) in [6, 6.07) is 14.4. The molecule has 0 aliphatic rings. The summed E-state index contributed by atoms with van der Waals surface area (Å²) < 4.78 is 57.7. The molecule has 0 heterocycles. The van der Waals surface area contributed by atoms with E-state index in [2.05, 4.69) is 0 Å². The van der Waals surface area contributed by atoms with Crippen molar-refractivity contribution in [3.63, 3.8) is 0 Å². The molecule has 0 aliphatic heterocycles. The molecule has 10 heteroatoms. The van der Waals surface area contributed by atoms with E-state index in [1.807, 2.05) is 38.1 Å². The van der Waals surface area contributed by atoms with Crippen molar-refractivity contribution in [2.24, 2.45) is 0 Å². The fourth-order valence-corrected chi connectivity index (χ4v) is 10.0. The number of nitrogens with zero attached hydrogens (tertiary/aromatic N) is 2. The summed E-state index contributed by atoms with van der Waals surface area (Å²) in [6.07, 6.45) is 25.0. The first-order chi connectivity index (χ1) is 26.1. The summed E-state index contributed by atoms with van der Waals surface area (Å²) in [4.78, 5) is 0.756. The molecule has 0 radical (unpaired) electrons. The number of unbranched alkanes of at least 4 members (excludes halogenated alkanes) is 21. The number of sulfonamides is 2. The van der Waals surface area contributed by atoms with E-state index >= 15 is 0 Å². The highest BCUT2D eigenvalue weighted by Crippen LogP contribution is 2.22. The van der Waals surface area contributed by atoms with Gasteiger partial charge < -0.3 is 10.2 Å². The number of benzene rings is 2. The van der Waals surface area contributed by atoms with E-state index in [9.17, 15) is 16.8 Å². The summed E-state index contributed by atoms with van der Waals surface area (Å²) >= 11 is 0. The van der Waals surface area contributed by atoms with Crippen molar-refractivity contribution in [1.29, 1.82) is 0 Å². The molecule has 0 atom stereocenters. The minimum Gasteiger partial charge on any atom is -0.396 e. The molecule has 2 aromatic carbocycles. The highest BCUT2D eigenvalue weighted by Gasteiger charge is 2.25. The second-order valence-corrected chi connectivity index (χ2v) is 19.2. The first-order valence-electron chi connectivity index (χ1n) is 21.5. The lowest BCUT2D eigenvalue weighted by molar-refractivity contribution is 0.282. The Morgan fingerprint density at radius 2 is 0.556 bits per heavy atom. The van der Waals surface area contributed by atoms with Crippen molar-refractivity contribution >= 4 is 20.0 Å². The molecule has 0 saturated carbocycles. The molecule has 0 aromatic heterocycles.